The SMILES string of the molecule is CC1CN(Cc2cccc(CNC(=O)C(C)Oc3ccc(Cl)cc3Br)c2)CCO1. The molecule has 7 heteroatoms. The van der Waals surface area contributed by atoms with Gasteiger partial charge >= 0.3 is 0 Å². The number of hydrogen-bond donors (Lipinski definition) is 1. The molecular formula is C22H26BrClN2O3. The van der Waals surface area contributed by atoms with Gasteiger partial charge in [0, 0.05) is 31.2 Å². The van der Waals surface area contributed by atoms with Gasteiger partial charge in [-0.15, -0.1) is 0 Å². The number of ether oxygens (including phenoxy) is 2. The molecule has 1 saturated heterocycles. The molecule has 2 aromatic carbocycles. The van der Waals surface area contributed by atoms with Crippen LogP contribution in [-0.4, -0.2) is 42.7 Å². The van der Waals surface area contributed by atoms with E-state index in [9.17, 15) is 4.79 Å². The summed E-state index contributed by atoms with van der Waals surface area (Å²) in [6.45, 7) is 7.84. The summed E-state index contributed by atoms with van der Waals surface area (Å²) in [5.74, 6) is 0.415. The van der Waals surface area contributed by atoms with Crippen molar-refractivity contribution in [2.24, 2.45) is 0 Å². The molecule has 0 saturated carbocycles. The minimum atomic E-state index is -0.620. The van der Waals surface area contributed by atoms with E-state index in [1.54, 1.807) is 25.1 Å². The van der Waals surface area contributed by atoms with Crippen LogP contribution < -0.4 is 10.1 Å². The summed E-state index contributed by atoms with van der Waals surface area (Å²) in [7, 11) is 0. The van der Waals surface area contributed by atoms with E-state index in [0.717, 1.165) is 36.3 Å². The van der Waals surface area contributed by atoms with Crippen LogP contribution in [0.25, 0.3) is 0 Å². The molecule has 29 heavy (non-hydrogen) atoms. The molecule has 0 radical (unpaired) electrons. The van der Waals surface area contributed by atoms with E-state index in [1.165, 1.54) is 5.56 Å². The van der Waals surface area contributed by atoms with Crippen molar-refractivity contribution in [3.8, 4) is 5.75 Å². The van der Waals surface area contributed by atoms with Gasteiger partial charge in [0.25, 0.3) is 5.91 Å². The molecule has 0 aliphatic carbocycles. The summed E-state index contributed by atoms with van der Waals surface area (Å²) in [6.07, 6.45) is -0.348. The van der Waals surface area contributed by atoms with Crippen LogP contribution in [0.1, 0.15) is 25.0 Å². The largest absolute Gasteiger partial charge is 0.480 e. The standard InChI is InChI=1S/C22H26BrClN2O3/c1-15-13-26(8-9-28-15)14-18-5-3-4-17(10-18)12-25-22(27)16(2)29-21-7-6-19(24)11-20(21)23/h3-7,10-11,15-16H,8-9,12-14H2,1-2H3,(H,25,27). The third kappa shape index (κ3) is 6.71. The molecule has 5 nitrogen and oxygen atoms in total. The first-order chi connectivity index (χ1) is 13.9. The third-order valence-electron chi connectivity index (χ3n) is 4.76. The van der Waals surface area contributed by atoms with Gasteiger partial charge in [0.2, 0.25) is 0 Å². The van der Waals surface area contributed by atoms with Gasteiger partial charge in [0.15, 0.2) is 6.10 Å². The minimum absolute atomic E-state index is 0.167. The molecular weight excluding hydrogens is 456 g/mol. The number of halogens is 2. The topological polar surface area (TPSA) is 50.8 Å². The summed E-state index contributed by atoms with van der Waals surface area (Å²) >= 11 is 9.34. The van der Waals surface area contributed by atoms with Gasteiger partial charge in [-0.3, -0.25) is 9.69 Å². The van der Waals surface area contributed by atoms with Gasteiger partial charge in [0.05, 0.1) is 17.2 Å². The van der Waals surface area contributed by atoms with Gasteiger partial charge in [0.1, 0.15) is 5.75 Å². The van der Waals surface area contributed by atoms with Crippen LogP contribution in [0, 0.1) is 0 Å². The molecule has 0 spiro atoms. The number of amides is 1. The quantitative estimate of drug-likeness (QED) is 0.636. The molecule has 2 atom stereocenters. The average molecular weight is 482 g/mol. The van der Waals surface area contributed by atoms with E-state index >= 15 is 0 Å². The molecule has 0 bridgehead atoms. The Morgan fingerprint density at radius 3 is 2.90 bits per heavy atom. The number of carbonyl (C=O) groups is 1. The molecule has 2 aromatic rings. The van der Waals surface area contributed by atoms with E-state index in [1.807, 2.05) is 12.1 Å². The number of morpholine rings is 1. The molecule has 1 amide bonds. The zero-order valence-corrected chi connectivity index (χ0v) is 19.0. The molecule has 1 aliphatic rings. The smallest absolute Gasteiger partial charge is 0.261 e. The Morgan fingerprint density at radius 1 is 1.34 bits per heavy atom. The second-order valence-electron chi connectivity index (χ2n) is 7.29. The Labute approximate surface area is 185 Å². The van der Waals surface area contributed by atoms with Crippen LogP contribution in [0.4, 0.5) is 0 Å². The summed E-state index contributed by atoms with van der Waals surface area (Å²) in [6, 6.07) is 13.5. The van der Waals surface area contributed by atoms with Crippen LogP contribution in [0.2, 0.25) is 5.02 Å². The molecule has 2 unspecified atom stereocenters. The van der Waals surface area contributed by atoms with Crippen molar-refractivity contribution in [3.63, 3.8) is 0 Å². The fourth-order valence-electron chi connectivity index (χ4n) is 3.28. The predicted octanol–water partition coefficient (Wildman–Crippen LogP) is 4.41. The van der Waals surface area contributed by atoms with Crippen molar-refractivity contribution in [2.75, 3.05) is 19.7 Å². The Balaban J connectivity index is 1.51. The molecule has 1 heterocycles. The summed E-state index contributed by atoms with van der Waals surface area (Å²) in [5.41, 5.74) is 2.30. The predicted molar refractivity (Wildman–Crippen MR) is 118 cm³/mol. The second-order valence-corrected chi connectivity index (χ2v) is 8.58. The highest BCUT2D eigenvalue weighted by Gasteiger charge is 2.18. The molecule has 1 aliphatic heterocycles. The van der Waals surface area contributed by atoms with Gasteiger partial charge in [-0.05, 0) is 59.1 Å². The zero-order chi connectivity index (χ0) is 20.8. The van der Waals surface area contributed by atoms with E-state index < -0.39 is 6.10 Å². The maximum Gasteiger partial charge on any atom is 0.261 e. The summed E-state index contributed by atoms with van der Waals surface area (Å²) in [5, 5.41) is 3.55. The summed E-state index contributed by atoms with van der Waals surface area (Å²) < 4.78 is 12.1. The maximum absolute atomic E-state index is 12.4. The average Bonchev–Trinajstić information content (AvgIpc) is 2.68. The Bertz CT molecular complexity index is 849. The maximum atomic E-state index is 12.4. The van der Waals surface area contributed by atoms with E-state index in [0.29, 0.717) is 17.3 Å². The highest BCUT2D eigenvalue weighted by atomic mass is 79.9. The Hall–Kier alpha value is -1.60. The fourth-order valence-corrected chi connectivity index (χ4v) is 4.05. The number of carbonyl (C=O) groups excluding carboxylic acids is 1. The molecule has 156 valence electrons. The Kier molecular flexibility index (Phi) is 7.95. The van der Waals surface area contributed by atoms with E-state index in [-0.39, 0.29) is 12.0 Å². The lowest BCUT2D eigenvalue weighted by Crippen LogP contribution is -2.40. The third-order valence-corrected chi connectivity index (χ3v) is 5.61. The highest BCUT2D eigenvalue weighted by molar-refractivity contribution is 9.10. The summed E-state index contributed by atoms with van der Waals surface area (Å²) in [4.78, 5) is 14.8. The van der Waals surface area contributed by atoms with E-state index in [4.69, 9.17) is 21.1 Å². The van der Waals surface area contributed by atoms with E-state index in [2.05, 4.69) is 45.2 Å². The first-order valence-corrected chi connectivity index (χ1v) is 10.9. The van der Waals surface area contributed by atoms with Gasteiger partial charge in [-0.1, -0.05) is 35.9 Å². The highest BCUT2D eigenvalue weighted by Crippen LogP contribution is 2.28. The molecule has 1 fully saturated rings. The van der Waals surface area contributed by atoms with Crippen LogP contribution >= 0.6 is 27.5 Å². The van der Waals surface area contributed by atoms with Crippen LogP contribution in [0.15, 0.2) is 46.9 Å². The lowest BCUT2D eigenvalue weighted by Gasteiger charge is -2.31. The lowest BCUT2D eigenvalue weighted by molar-refractivity contribution is -0.127. The molecule has 0 aromatic heterocycles. The fraction of sp³-hybridized carbons (Fsp3) is 0.409. The number of nitrogens with one attached hydrogen (secondary N) is 1. The van der Waals surface area contributed by atoms with Gasteiger partial charge in [-0.2, -0.15) is 0 Å². The van der Waals surface area contributed by atoms with Gasteiger partial charge < -0.3 is 14.8 Å². The number of benzene rings is 2. The molecule has 1 N–H and O–H groups in total. The van der Waals surface area contributed by atoms with Crippen LogP contribution in [-0.2, 0) is 22.6 Å². The molecule has 3 rings (SSSR count). The van der Waals surface area contributed by atoms with Crippen molar-refractivity contribution in [3.05, 3.63) is 63.1 Å². The van der Waals surface area contributed by atoms with Crippen molar-refractivity contribution in [2.45, 2.75) is 39.1 Å². The van der Waals surface area contributed by atoms with Crippen molar-refractivity contribution < 1.29 is 14.3 Å². The number of hydrogen-bond acceptors (Lipinski definition) is 4. The van der Waals surface area contributed by atoms with Crippen molar-refractivity contribution in [1.82, 2.24) is 10.2 Å². The van der Waals surface area contributed by atoms with Crippen LogP contribution in [0.3, 0.4) is 0 Å². The van der Waals surface area contributed by atoms with Crippen molar-refractivity contribution in [1.29, 1.82) is 0 Å². The number of nitrogens with zero attached hydrogens (tertiary/aromatic N) is 1. The lowest BCUT2D eigenvalue weighted by atomic mass is 10.1. The van der Waals surface area contributed by atoms with Crippen LogP contribution in [0.5, 0.6) is 5.75 Å². The van der Waals surface area contributed by atoms with Gasteiger partial charge in [-0.25, -0.2) is 0 Å². The normalized spacial score (nSPS) is 18.3. The number of rotatable bonds is 7. The first kappa shape index (κ1) is 22.1. The minimum Gasteiger partial charge on any atom is -0.480 e. The monoisotopic (exact) mass is 480 g/mol. The Morgan fingerprint density at radius 2 is 2.14 bits per heavy atom. The first-order valence-electron chi connectivity index (χ1n) is 9.72. The second kappa shape index (κ2) is 10.4. The zero-order valence-electron chi connectivity index (χ0n) is 16.7. The van der Waals surface area contributed by atoms with Crippen molar-refractivity contribution >= 4 is 33.4 Å².